The number of hydrogen-bond acceptors (Lipinski definition) is 4. The maximum atomic E-state index is 13.7. The number of sulfonamides is 1. The average molecular weight is 468 g/mol. The molecule has 0 radical (unpaired) electrons. The van der Waals surface area contributed by atoms with E-state index in [2.05, 4.69) is 5.32 Å². The second kappa shape index (κ2) is 11.0. The monoisotopic (exact) mass is 467 g/mol. The molecule has 0 aliphatic heterocycles. The summed E-state index contributed by atoms with van der Waals surface area (Å²) in [6, 6.07) is 10.7. The molecule has 32 heavy (non-hydrogen) atoms. The van der Waals surface area contributed by atoms with Crippen LogP contribution in [0, 0.1) is 11.6 Å². The van der Waals surface area contributed by atoms with E-state index >= 15 is 0 Å². The highest BCUT2D eigenvalue weighted by Crippen LogP contribution is 2.22. The minimum absolute atomic E-state index is 0.0741. The van der Waals surface area contributed by atoms with Crippen molar-refractivity contribution in [1.82, 2.24) is 10.2 Å². The number of carbonyl (C=O) groups is 2. The van der Waals surface area contributed by atoms with E-state index in [1.807, 2.05) is 6.07 Å². The summed E-state index contributed by atoms with van der Waals surface area (Å²) in [5.74, 6) is -3.39. The molecule has 0 aromatic heterocycles. The van der Waals surface area contributed by atoms with Crippen LogP contribution in [0.15, 0.2) is 48.5 Å². The van der Waals surface area contributed by atoms with Crippen molar-refractivity contribution in [3.63, 3.8) is 0 Å². The normalized spacial score (nSPS) is 12.2. The fourth-order valence-corrected chi connectivity index (χ4v) is 4.09. The second-order valence-corrected chi connectivity index (χ2v) is 9.10. The molecule has 10 heteroatoms. The molecule has 2 aromatic carbocycles. The van der Waals surface area contributed by atoms with Gasteiger partial charge in [0.2, 0.25) is 21.8 Å². The van der Waals surface area contributed by atoms with E-state index in [1.54, 1.807) is 38.1 Å². The van der Waals surface area contributed by atoms with Gasteiger partial charge in [-0.3, -0.25) is 13.9 Å². The molecule has 2 aromatic rings. The van der Waals surface area contributed by atoms with Crippen LogP contribution in [0.1, 0.15) is 25.8 Å². The number of rotatable bonds is 10. The minimum atomic E-state index is -4.02. The van der Waals surface area contributed by atoms with Gasteiger partial charge in [-0.1, -0.05) is 37.3 Å². The van der Waals surface area contributed by atoms with Gasteiger partial charge in [0.05, 0.1) is 11.9 Å². The number of likely N-dealkylation sites (N-methyl/N-ethyl adjacent to an activating group) is 1. The first kappa shape index (κ1) is 25.3. The quantitative estimate of drug-likeness (QED) is 0.582. The maximum absolute atomic E-state index is 13.7. The molecule has 0 bridgehead atoms. The van der Waals surface area contributed by atoms with E-state index in [0.29, 0.717) is 23.3 Å². The van der Waals surface area contributed by atoms with E-state index in [9.17, 15) is 26.8 Å². The predicted octanol–water partition coefficient (Wildman–Crippen LogP) is 2.67. The van der Waals surface area contributed by atoms with Gasteiger partial charge < -0.3 is 10.2 Å². The molecule has 0 fully saturated rings. The van der Waals surface area contributed by atoms with Gasteiger partial charge in [-0.25, -0.2) is 17.2 Å². The molecule has 0 spiro atoms. The van der Waals surface area contributed by atoms with Crippen LogP contribution in [0.3, 0.4) is 0 Å². The van der Waals surface area contributed by atoms with Gasteiger partial charge in [-0.05, 0) is 31.0 Å². The molecule has 0 saturated heterocycles. The minimum Gasteiger partial charge on any atom is -0.355 e. The fraction of sp³-hybridized carbons (Fsp3) is 0.364. The highest BCUT2D eigenvalue weighted by molar-refractivity contribution is 7.92. The van der Waals surface area contributed by atoms with Crippen LogP contribution >= 0.6 is 0 Å². The average Bonchev–Trinajstić information content (AvgIpc) is 2.74. The lowest BCUT2D eigenvalue weighted by atomic mass is 10.1. The van der Waals surface area contributed by atoms with Crippen molar-refractivity contribution >= 4 is 27.5 Å². The summed E-state index contributed by atoms with van der Waals surface area (Å²) in [5, 5.41) is 2.69. The molecule has 2 amide bonds. The summed E-state index contributed by atoms with van der Waals surface area (Å²) >= 11 is 0. The van der Waals surface area contributed by atoms with Crippen molar-refractivity contribution in [3.8, 4) is 0 Å². The first-order valence-corrected chi connectivity index (χ1v) is 12.0. The number of amides is 2. The van der Waals surface area contributed by atoms with E-state index in [4.69, 9.17) is 0 Å². The Morgan fingerprint density at radius 3 is 2.22 bits per heavy atom. The lowest BCUT2D eigenvalue weighted by molar-refractivity contribution is -0.140. The third kappa shape index (κ3) is 6.49. The molecule has 7 nitrogen and oxygen atoms in total. The Kier molecular flexibility index (Phi) is 8.71. The highest BCUT2D eigenvalue weighted by atomic mass is 32.2. The number of hydrogen-bond donors (Lipinski definition) is 1. The fourth-order valence-electron chi connectivity index (χ4n) is 3.25. The number of nitrogens with one attached hydrogen (secondary N) is 1. The van der Waals surface area contributed by atoms with Crippen molar-refractivity contribution in [2.24, 2.45) is 0 Å². The van der Waals surface area contributed by atoms with Gasteiger partial charge in [-0.2, -0.15) is 0 Å². The molecule has 0 unspecified atom stereocenters. The van der Waals surface area contributed by atoms with E-state index in [1.165, 1.54) is 4.90 Å². The summed E-state index contributed by atoms with van der Waals surface area (Å²) in [6.07, 6.45) is 1.17. The predicted molar refractivity (Wildman–Crippen MR) is 118 cm³/mol. The van der Waals surface area contributed by atoms with Gasteiger partial charge >= 0.3 is 0 Å². The first-order chi connectivity index (χ1) is 15.1. The summed E-state index contributed by atoms with van der Waals surface area (Å²) < 4.78 is 52.5. The van der Waals surface area contributed by atoms with Crippen LogP contribution in [0.4, 0.5) is 14.5 Å². The van der Waals surface area contributed by atoms with Gasteiger partial charge in [0.15, 0.2) is 11.6 Å². The third-order valence-electron chi connectivity index (χ3n) is 4.80. The second-order valence-electron chi connectivity index (χ2n) is 7.19. The molecule has 0 saturated carbocycles. The van der Waals surface area contributed by atoms with Crippen molar-refractivity contribution in [2.75, 3.05) is 23.7 Å². The van der Waals surface area contributed by atoms with Crippen LogP contribution in [0.2, 0.25) is 0 Å². The largest absolute Gasteiger partial charge is 0.355 e. The van der Waals surface area contributed by atoms with Gasteiger partial charge in [-0.15, -0.1) is 0 Å². The lowest BCUT2D eigenvalue weighted by Gasteiger charge is -2.32. The number of benzene rings is 2. The van der Waals surface area contributed by atoms with Crippen LogP contribution < -0.4 is 9.62 Å². The Bertz CT molecular complexity index is 1050. The van der Waals surface area contributed by atoms with Crippen LogP contribution in [-0.4, -0.2) is 50.5 Å². The Hall–Kier alpha value is -3.01. The third-order valence-corrected chi connectivity index (χ3v) is 5.94. The zero-order chi connectivity index (χ0) is 23.9. The Morgan fingerprint density at radius 1 is 1.03 bits per heavy atom. The molecule has 1 atom stereocenters. The van der Waals surface area contributed by atoms with Crippen molar-refractivity contribution in [1.29, 1.82) is 0 Å². The number of carbonyl (C=O) groups excluding carboxylic acids is 2. The molecular formula is C22H27F2N3O4S. The zero-order valence-corrected chi connectivity index (χ0v) is 19.0. The van der Waals surface area contributed by atoms with Crippen LogP contribution in [-0.2, 0) is 26.2 Å². The molecule has 174 valence electrons. The SMILES string of the molecule is CCNC(=O)[C@H](CC)N(Cc1ccccc1)C(=O)CN(c1ccc(F)c(F)c1)S(C)(=O)=O. The maximum Gasteiger partial charge on any atom is 0.244 e. The molecule has 1 N–H and O–H groups in total. The smallest absolute Gasteiger partial charge is 0.244 e. The Labute approximate surface area is 187 Å². The van der Waals surface area contributed by atoms with Gasteiger partial charge in [0.1, 0.15) is 12.6 Å². The molecule has 2 rings (SSSR count). The molecule has 0 heterocycles. The van der Waals surface area contributed by atoms with Crippen molar-refractivity contribution in [3.05, 3.63) is 65.7 Å². The zero-order valence-electron chi connectivity index (χ0n) is 18.2. The summed E-state index contributed by atoms with van der Waals surface area (Å²) in [7, 11) is -4.02. The molecular weight excluding hydrogens is 440 g/mol. The summed E-state index contributed by atoms with van der Waals surface area (Å²) in [4.78, 5) is 27.2. The van der Waals surface area contributed by atoms with Gasteiger partial charge in [0, 0.05) is 19.2 Å². The van der Waals surface area contributed by atoms with E-state index < -0.39 is 40.2 Å². The lowest BCUT2D eigenvalue weighted by Crippen LogP contribution is -2.52. The standard InChI is InChI=1S/C22H27F2N3O4S/c1-4-20(22(29)25-5-2)26(14-16-9-7-6-8-10-16)21(28)15-27(32(3,30)31)17-11-12-18(23)19(24)13-17/h6-13,20H,4-5,14-15H2,1-3H3,(H,25,29)/t20-/m0/s1. The topological polar surface area (TPSA) is 86.8 Å². The van der Waals surface area contributed by atoms with Crippen molar-refractivity contribution in [2.45, 2.75) is 32.9 Å². The number of halogens is 2. The number of anilines is 1. The number of nitrogens with zero attached hydrogens (tertiary/aromatic N) is 2. The molecule has 0 aliphatic carbocycles. The van der Waals surface area contributed by atoms with Gasteiger partial charge in [0.25, 0.3) is 0 Å². The first-order valence-electron chi connectivity index (χ1n) is 10.1. The Balaban J connectivity index is 2.42. The summed E-state index contributed by atoms with van der Waals surface area (Å²) in [5.41, 5.74) is 0.563. The molecule has 0 aliphatic rings. The van der Waals surface area contributed by atoms with Crippen LogP contribution in [0.5, 0.6) is 0 Å². The van der Waals surface area contributed by atoms with E-state index in [0.717, 1.165) is 24.0 Å². The highest BCUT2D eigenvalue weighted by Gasteiger charge is 2.31. The van der Waals surface area contributed by atoms with E-state index in [-0.39, 0.29) is 18.1 Å². The van der Waals surface area contributed by atoms with Crippen LogP contribution in [0.25, 0.3) is 0 Å². The Morgan fingerprint density at radius 2 is 1.69 bits per heavy atom. The summed E-state index contributed by atoms with van der Waals surface area (Å²) in [6.45, 7) is 3.27. The van der Waals surface area contributed by atoms with Crippen molar-refractivity contribution < 1.29 is 26.8 Å².